The average Bonchev–Trinajstić information content (AvgIpc) is 2.81. The highest BCUT2D eigenvalue weighted by molar-refractivity contribution is 5.92. The Bertz CT molecular complexity index is 563. The maximum Gasteiger partial charge on any atom is 0.335 e. The van der Waals surface area contributed by atoms with Gasteiger partial charge in [-0.2, -0.15) is 0 Å². The van der Waals surface area contributed by atoms with Crippen LogP contribution in [0.2, 0.25) is 0 Å². The second kappa shape index (κ2) is 6.33. The van der Waals surface area contributed by atoms with Crippen LogP contribution < -0.4 is 0 Å². The number of hydrogen-bond acceptors (Lipinski definition) is 3. The zero-order chi connectivity index (χ0) is 13.7. The number of fused-ring (bicyclic) bond motifs is 1. The molecule has 0 aliphatic carbocycles. The Morgan fingerprint density at radius 2 is 2.26 bits per heavy atom. The lowest BCUT2D eigenvalue weighted by Gasteiger charge is -2.05. The van der Waals surface area contributed by atoms with Crippen molar-refractivity contribution in [2.75, 3.05) is 13.2 Å². The number of hydrogen-bond donors (Lipinski definition) is 1. The number of imidazole rings is 1. The summed E-state index contributed by atoms with van der Waals surface area (Å²) in [6.07, 6.45) is 3.93. The van der Waals surface area contributed by atoms with E-state index in [0.29, 0.717) is 12.1 Å². The van der Waals surface area contributed by atoms with Gasteiger partial charge >= 0.3 is 5.97 Å². The second-order valence-corrected chi connectivity index (χ2v) is 4.41. The van der Waals surface area contributed by atoms with E-state index in [1.165, 1.54) is 0 Å². The zero-order valence-electron chi connectivity index (χ0n) is 11.0. The highest BCUT2D eigenvalue weighted by atomic mass is 16.5. The first-order valence-corrected chi connectivity index (χ1v) is 6.48. The monoisotopic (exact) mass is 262 g/mol. The third-order valence-corrected chi connectivity index (χ3v) is 2.99. The number of unbranched alkanes of at least 4 members (excludes halogenated alkanes) is 1. The van der Waals surface area contributed by atoms with Gasteiger partial charge in [-0.05, 0) is 24.6 Å². The first kappa shape index (κ1) is 13.5. The molecule has 2 rings (SSSR count). The van der Waals surface area contributed by atoms with Crippen LogP contribution in [-0.4, -0.2) is 33.8 Å². The normalized spacial score (nSPS) is 11.0. The number of carboxylic acid groups (broad SMARTS) is 1. The smallest absolute Gasteiger partial charge is 0.335 e. The Kier molecular flexibility index (Phi) is 4.52. The van der Waals surface area contributed by atoms with Gasteiger partial charge in [0.05, 0.1) is 29.5 Å². The van der Waals surface area contributed by atoms with Gasteiger partial charge in [-0.1, -0.05) is 13.3 Å². The molecule has 0 saturated carbocycles. The fraction of sp³-hybridized carbons (Fsp3) is 0.429. The summed E-state index contributed by atoms with van der Waals surface area (Å²) >= 11 is 0. The molecule has 5 nitrogen and oxygen atoms in total. The summed E-state index contributed by atoms with van der Waals surface area (Å²) in [5.74, 6) is -0.931. The van der Waals surface area contributed by atoms with E-state index in [4.69, 9.17) is 9.84 Å². The molecule has 1 heterocycles. The van der Waals surface area contributed by atoms with Crippen molar-refractivity contribution >= 4 is 17.0 Å². The van der Waals surface area contributed by atoms with Gasteiger partial charge in [0.1, 0.15) is 0 Å². The maximum atomic E-state index is 10.9. The summed E-state index contributed by atoms with van der Waals surface area (Å²) in [6, 6.07) is 4.98. The predicted octanol–water partition coefficient (Wildman–Crippen LogP) is 2.55. The van der Waals surface area contributed by atoms with E-state index >= 15 is 0 Å². The summed E-state index contributed by atoms with van der Waals surface area (Å²) in [4.78, 5) is 15.1. The van der Waals surface area contributed by atoms with Gasteiger partial charge in [-0.15, -0.1) is 0 Å². The van der Waals surface area contributed by atoms with Gasteiger partial charge in [-0.3, -0.25) is 0 Å². The second-order valence-electron chi connectivity index (χ2n) is 4.41. The summed E-state index contributed by atoms with van der Waals surface area (Å²) in [5, 5.41) is 8.92. The lowest BCUT2D eigenvalue weighted by Crippen LogP contribution is -2.05. The predicted molar refractivity (Wildman–Crippen MR) is 72.4 cm³/mol. The summed E-state index contributed by atoms with van der Waals surface area (Å²) in [5.41, 5.74) is 1.90. The van der Waals surface area contributed by atoms with Gasteiger partial charge < -0.3 is 14.4 Å². The molecule has 5 heteroatoms. The number of carboxylic acids is 1. The van der Waals surface area contributed by atoms with E-state index in [0.717, 1.165) is 31.5 Å². The standard InChI is InChI=1S/C14H18N2O3/c1-2-3-7-19-8-6-16-10-15-12-9-11(14(17)18)4-5-13(12)16/h4-5,9-10H,2-3,6-8H2,1H3,(H,17,18). The highest BCUT2D eigenvalue weighted by Gasteiger charge is 2.07. The highest BCUT2D eigenvalue weighted by Crippen LogP contribution is 2.15. The Hall–Kier alpha value is -1.88. The molecule has 0 radical (unpaired) electrons. The Morgan fingerprint density at radius 1 is 1.42 bits per heavy atom. The van der Waals surface area contributed by atoms with E-state index in [-0.39, 0.29) is 5.56 Å². The van der Waals surface area contributed by atoms with E-state index in [1.807, 2.05) is 4.57 Å². The molecule has 0 atom stereocenters. The SMILES string of the molecule is CCCCOCCn1cnc2cc(C(=O)O)ccc21. The minimum Gasteiger partial charge on any atom is -0.478 e. The number of rotatable bonds is 7. The quantitative estimate of drug-likeness (QED) is 0.779. The maximum absolute atomic E-state index is 10.9. The molecular formula is C14H18N2O3. The van der Waals surface area contributed by atoms with Crippen LogP contribution in [0.5, 0.6) is 0 Å². The van der Waals surface area contributed by atoms with Crippen molar-refractivity contribution in [3.05, 3.63) is 30.1 Å². The molecule has 102 valence electrons. The number of ether oxygens (including phenoxy) is 1. The molecule has 0 unspecified atom stereocenters. The lowest BCUT2D eigenvalue weighted by molar-refractivity contribution is 0.0697. The van der Waals surface area contributed by atoms with Crippen molar-refractivity contribution in [1.82, 2.24) is 9.55 Å². The first-order valence-electron chi connectivity index (χ1n) is 6.48. The number of nitrogens with zero attached hydrogens (tertiary/aromatic N) is 2. The number of carbonyl (C=O) groups is 1. The van der Waals surface area contributed by atoms with Crippen LogP contribution in [0, 0.1) is 0 Å². The van der Waals surface area contributed by atoms with E-state index < -0.39 is 5.97 Å². The van der Waals surface area contributed by atoms with Crippen molar-refractivity contribution in [3.63, 3.8) is 0 Å². The topological polar surface area (TPSA) is 64.4 Å². The minimum atomic E-state index is -0.931. The molecular weight excluding hydrogens is 244 g/mol. The molecule has 0 saturated heterocycles. The van der Waals surface area contributed by atoms with Crippen LogP contribution in [0.25, 0.3) is 11.0 Å². The van der Waals surface area contributed by atoms with Crippen LogP contribution in [0.15, 0.2) is 24.5 Å². The van der Waals surface area contributed by atoms with Crippen molar-refractivity contribution in [2.24, 2.45) is 0 Å². The third kappa shape index (κ3) is 3.32. The Morgan fingerprint density at radius 3 is 3.00 bits per heavy atom. The number of aromatic nitrogens is 2. The van der Waals surface area contributed by atoms with E-state index in [9.17, 15) is 4.79 Å². The van der Waals surface area contributed by atoms with E-state index in [2.05, 4.69) is 11.9 Å². The minimum absolute atomic E-state index is 0.261. The molecule has 1 aromatic heterocycles. The van der Waals surface area contributed by atoms with Crippen LogP contribution in [0.1, 0.15) is 30.1 Å². The summed E-state index contributed by atoms with van der Waals surface area (Å²) in [7, 11) is 0. The van der Waals surface area contributed by atoms with Crippen LogP contribution >= 0.6 is 0 Å². The fourth-order valence-corrected chi connectivity index (χ4v) is 1.89. The molecule has 1 N–H and O–H groups in total. The van der Waals surface area contributed by atoms with E-state index in [1.54, 1.807) is 24.5 Å². The van der Waals surface area contributed by atoms with Crippen molar-refractivity contribution < 1.29 is 14.6 Å². The molecule has 2 aromatic rings. The number of aromatic carboxylic acids is 1. The van der Waals surface area contributed by atoms with Crippen molar-refractivity contribution in [1.29, 1.82) is 0 Å². The Labute approximate surface area is 111 Å². The van der Waals surface area contributed by atoms with Crippen LogP contribution in [0.3, 0.4) is 0 Å². The first-order chi connectivity index (χ1) is 9.22. The molecule has 0 aliphatic rings. The van der Waals surface area contributed by atoms with Gasteiger partial charge in [0.2, 0.25) is 0 Å². The van der Waals surface area contributed by atoms with Crippen LogP contribution in [-0.2, 0) is 11.3 Å². The molecule has 1 aromatic carbocycles. The molecule has 0 spiro atoms. The van der Waals surface area contributed by atoms with Gasteiger partial charge in [0.25, 0.3) is 0 Å². The van der Waals surface area contributed by atoms with Crippen molar-refractivity contribution in [2.45, 2.75) is 26.3 Å². The lowest BCUT2D eigenvalue weighted by atomic mass is 10.2. The Balaban J connectivity index is 2.02. The fourth-order valence-electron chi connectivity index (χ4n) is 1.89. The molecule has 0 amide bonds. The zero-order valence-corrected chi connectivity index (χ0v) is 11.0. The van der Waals surface area contributed by atoms with Gasteiger partial charge in [0.15, 0.2) is 0 Å². The molecule has 0 bridgehead atoms. The summed E-state index contributed by atoms with van der Waals surface area (Å²) in [6.45, 7) is 4.29. The third-order valence-electron chi connectivity index (χ3n) is 2.99. The van der Waals surface area contributed by atoms with Gasteiger partial charge in [0, 0.05) is 13.2 Å². The van der Waals surface area contributed by atoms with Crippen LogP contribution in [0.4, 0.5) is 0 Å². The summed E-state index contributed by atoms with van der Waals surface area (Å²) < 4.78 is 7.49. The molecule has 0 aliphatic heterocycles. The van der Waals surface area contributed by atoms with Gasteiger partial charge in [-0.25, -0.2) is 9.78 Å². The average molecular weight is 262 g/mol. The molecule has 0 fully saturated rings. The van der Waals surface area contributed by atoms with Crippen molar-refractivity contribution in [3.8, 4) is 0 Å². The largest absolute Gasteiger partial charge is 0.478 e. The molecule has 19 heavy (non-hydrogen) atoms. The number of benzene rings is 1.